The molecule has 2 heterocycles. The number of thioether (sulfide) groups is 1. The van der Waals surface area contributed by atoms with Gasteiger partial charge in [0.1, 0.15) is 5.82 Å². The number of nitrogens with zero attached hydrogens (tertiary/aromatic N) is 3. The third kappa shape index (κ3) is 2.43. The number of rotatable bonds is 4. The van der Waals surface area contributed by atoms with Crippen LogP contribution < -0.4 is 5.56 Å². The highest BCUT2D eigenvalue weighted by Gasteiger charge is 2.29. The minimum Gasteiger partial charge on any atom is -0.322 e. The number of aromatic nitrogens is 4. The van der Waals surface area contributed by atoms with E-state index in [0.717, 1.165) is 27.4 Å². The average molecular weight is 312 g/mol. The van der Waals surface area contributed by atoms with Crippen molar-refractivity contribution in [3.8, 4) is 0 Å². The number of para-hydroxylation sites is 1. The molecule has 0 spiro atoms. The van der Waals surface area contributed by atoms with E-state index in [1.165, 1.54) is 12.8 Å². The van der Waals surface area contributed by atoms with Crippen molar-refractivity contribution < 1.29 is 0 Å². The van der Waals surface area contributed by atoms with Crippen LogP contribution in [0.3, 0.4) is 0 Å². The van der Waals surface area contributed by atoms with Crippen molar-refractivity contribution in [1.82, 2.24) is 19.7 Å². The highest BCUT2D eigenvalue weighted by molar-refractivity contribution is 7.98. The zero-order chi connectivity index (χ0) is 15.1. The second-order valence-electron chi connectivity index (χ2n) is 5.67. The highest BCUT2D eigenvalue weighted by Crippen LogP contribution is 2.39. The first-order chi connectivity index (χ1) is 10.7. The molecule has 4 rings (SSSR count). The van der Waals surface area contributed by atoms with Gasteiger partial charge in [-0.05, 0) is 24.5 Å². The van der Waals surface area contributed by atoms with Gasteiger partial charge in [-0.1, -0.05) is 30.0 Å². The van der Waals surface area contributed by atoms with Crippen LogP contribution in [0.25, 0.3) is 10.9 Å². The summed E-state index contributed by atoms with van der Waals surface area (Å²) in [6.45, 7) is 0. The fourth-order valence-electron chi connectivity index (χ4n) is 2.69. The second-order valence-corrected chi connectivity index (χ2v) is 6.61. The summed E-state index contributed by atoms with van der Waals surface area (Å²) >= 11 is 1.63. The van der Waals surface area contributed by atoms with E-state index in [1.54, 1.807) is 17.8 Å². The van der Waals surface area contributed by atoms with Crippen LogP contribution >= 0.6 is 11.8 Å². The van der Waals surface area contributed by atoms with Crippen LogP contribution in [0.4, 0.5) is 0 Å². The Kier molecular flexibility index (Phi) is 3.26. The van der Waals surface area contributed by atoms with E-state index in [4.69, 9.17) is 0 Å². The molecular formula is C16H16N4OS. The van der Waals surface area contributed by atoms with Crippen molar-refractivity contribution in [2.45, 2.75) is 29.7 Å². The second kappa shape index (κ2) is 5.28. The van der Waals surface area contributed by atoms with Crippen molar-refractivity contribution in [3.63, 3.8) is 0 Å². The molecule has 0 atom stereocenters. The van der Waals surface area contributed by atoms with Crippen molar-refractivity contribution in [1.29, 1.82) is 0 Å². The van der Waals surface area contributed by atoms with E-state index in [-0.39, 0.29) is 5.56 Å². The van der Waals surface area contributed by atoms with Crippen molar-refractivity contribution in [2.24, 2.45) is 7.05 Å². The average Bonchev–Trinajstić information content (AvgIpc) is 3.29. The normalized spacial score (nSPS) is 14.6. The number of fused-ring (bicyclic) bond motifs is 1. The van der Waals surface area contributed by atoms with Crippen LogP contribution in [0, 0.1) is 0 Å². The Morgan fingerprint density at radius 3 is 2.95 bits per heavy atom. The molecule has 0 aliphatic heterocycles. The number of pyridine rings is 1. The van der Waals surface area contributed by atoms with Gasteiger partial charge >= 0.3 is 0 Å². The third-order valence-electron chi connectivity index (χ3n) is 4.00. The van der Waals surface area contributed by atoms with Crippen LogP contribution in [-0.4, -0.2) is 19.7 Å². The van der Waals surface area contributed by atoms with Crippen LogP contribution in [0.5, 0.6) is 0 Å². The monoisotopic (exact) mass is 312 g/mol. The number of nitrogens with one attached hydrogen (secondary N) is 1. The van der Waals surface area contributed by atoms with Crippen molar-refractivity contribution >= 4 is 22.7 Å². The zero-order valence-electron chi connectivity index (χ0n) is 12.2. The van der Waals surface area contributed by atoms with E-state index in [9.17, 15) is 4.79 Å². The molecule has 22 heavy (non-hydrogen) atoms. The van der Waals surface area contributed by atoms with Gasteiger partial charge in [-0.15, -0.1) is 10.2 Å². The number of hydrogen-bond donors (Lipinski definition) is 1. The molecular weight excluding hydrogens is 296 g/mol. The molecule has 0 amide bonds. The summed E-state index contributed by atoms with van der Waals surface area (Å²) in [7, 11) is 2.02. The van der Waals surface area contributed by atoms with Gasteiger partial charge in [0.05, 0.1) is 0 Å². The van der Waals surface area contributed by atoms with Crippen molar-refractivity contribution in [2.75, 3.05) is 0 Å². The minimum atomic E-state index is -0.0639. The molecule has 0 unspecified atom stereocenters. The summed E-state index contributed by atoms with van der Waals surface area (Å²) in [6.07, 6.45) is 2.44. The van der Waals surface area contributed by atoms with Crippen LogP contribution in [0.2, 0.25) is 0 Å². The molecule has 0 radical (unpaired) electrons. The lowest BCUT2D eigenvalue weighted by atomic mass is 10.1. The molecule has 1 saturated carbocycles. The van der Waals surface area contributed by atoms with Gasteiger partial charge in [0, 0.05) is 35.7 Å². The molecule has 1 fully saturated rings. The standard InChI is InChI=1S/C16H16N4OS/c1-20-15(10-6-7-10)18-19-16(20)22-9-11-8-14(21)17-13-5-3-2-4-12(11)13/h2-5,8,10H,6-7,9H2,1H3,(H,17,21). The smallest absolute Gasteiger partial charge is 0.248 e. The predicted octanol–water partition coefficient (Wildman–Crippen LogP) is 2.83. The molecule has 1 aliphatic carbocycles. The molecule has 6 heteroatoms. The van der Waals surface area contributed by atoms with Gasteiger partial charge in [-0.3, -0.25) is 4.79 Å². The third-order valence-corrected chi connectivity index (χ3v) is 5.07. The summed E-state index contributed by atoms with van der Waals surface area (Å²) in [6, 6.07) is 9.56. The Morgan fingerprint density at radius 2 is 2.14 bits per heavy atom. The van der Waals surface area contributed by atoms with Gasteiger partial charge in [0.25, 0.3) is 0 Å². The largest absolute Gasteiger partial charge is 0.322 e. The Labute approximate surface area is 131 Å². The van der Waals surface area contributed by atoms with Gasteiger partial charge < -0.3 is 9.55 Å². The Morgan fingerprint density at radius 1 is 1.32 bits per heavy atom. The highest BCUT2D eigenvalue weighted by atomic mass is 32.2. The van der Waals surface area contributed by atoms with Crippen molar-refractivity contribution in [3.05, 3.63) is 52.1 Å². The zero-order valence-corrected chi connectivity index (χ0v) is 13.1. The molecule has 1 aliphatic rings. The molecule has 3 aromatic rings. The lowest BCUT2D eigenvalue weighted by Gasteiger charge is -2.06. The van der Waals surface area contributed by atoms with Crippen LogP contribution in [0.15, 0.2) is 40.3 Å². The number of hydrogen-bond acceptors (Lipinski definition) is 4. The number of H-pyrrole nitrogens is 1. The van der Waals surface area contributed by atoms with E-state index < -0.39 is 0 Å². The fraction of sp³-hybridized carbons (Fsp3) is 0.312. The molecule has 1 aromatic carbocycles. The Hall–Kier alpha value is -2.08. The van der Waals surface area contributed by atoms with E-state index in [2.05, 4.69) is 19.7 Å². The summed E-state index contributed by atoms with van der Waals surface area (Å²) in [5.41, 5.74) is 1.84. The van der Waals surface area contributed by atoms with Crippen LogP contribution in [0.1, 0.15) is 30.1 Å². The topological polar surface area (TPSA) is 63.6 Å². The number of benzene rings is 1. The quantitative estimate of drug-likeness (QED) is 0.752. The molecule has 0 bridgehead atoms. The van der Waals surface area contributed by atoms with Gasteiger partial charge in [-0.25, -0.2) is 0 Å². The summed E-state index contributed by atoms with van der Waals surface area (Å²) in [5, 5.41) is 10.6. The summed E-state index contributed by atoms with van der Waals surface area (Å²) < 4.78 is 2.08. The van der Waals surface area contributed by atoms with Gasteiger partial charge in [0.2, 0.25) is 5.56 Å². The lowest BCUT2D eigenvalue weighted by molar-refractivity contribution is 0.737. The predicted molar refractivity (Wildman–Crippen MR) is 87.1 cm³/mol. The van der Waals surface area contributed by atoms with E-state index in [1.807, 2.05) is 31.3 Å². The maximum Gasteiger partial charge on any atom is 0.248 e. The van der Waals surface area contributed by atoms with E-state index >= 15 is 0 Å². The minimum absolute atomic E-state index is 0.0639. The number of aromatic amines is 1. The first kappa shape index (κ1) is 13.6. The maximum absolute atomic E-state index is 11.8. The Balaban J connectivity index is 1.63. The fourth-order valence-corrected chi connectivity index (χ4v) is 3.60. The summed E-state index contributed by atoms with van der Waals surface area (Å²) in [5.74, 6) is 2.38. The Bertz CT molecular complexity index is 895. The summed E-state index contributed by atoms with van der Waals surface area (Å²) in [4.78, 5) is 14.7. The first-order valence-corrected chi connectivity index (χ1v) is 8.34. The molecule has 112 valence electrons. The maximum atomic E-state index is 11.8. The first-order valence-electron chi connectivity index (χ1n) is 7.35. The SMILES string of the molecule is Cn1c(SCc2cc(=O)[nH]c3ccccc23)nnc1C1CC1. The molecule has 2 aromatic heterocycles. The molecule has 5 nitrogen and oxygen atoms in total. The van der Waals surface area contributed by atoms with Gasteiger partial charge in [-0.2, -0.15) is 0 Å². The molecule has 0 saturated heterocycles. The van der Waals surface area contributed by atoms with Gasteiger partial charge in [0.15, 0.2) is 5.16 Å². The van der Waals surface area contributed by atoms with E-state index in [0.29, 0.717) is 11.7 Å². The lowest BCUT2D eigenvalue weighted by Crippen LogP contribution is -2.06. The van der Waals surface area contributed by atoms with Crippen LogP contribution in [-0.2, 0) is 12.8 Å². The molecule has 1 N–H and O–H groups in total.